The van der Waals surface area contributed by atoms with Crippen LogP contribution in [0.5, 0.6) is 0 Å². The molecule has 0 rings (SSSR count). The van der Waals surface area contributed by atoms with Crippen molar-refractivity contribution in [2.45, 2.75) is 103 Å². The molecule has 1 heteroatoms. The van der Waals surface area contributed by atoms with Crippen molar-refractivity contribution in [2.75, 3.05) is 7.11 Å². The lowest BCUT2D eigenvalue weighted by atomic mass is 10.0. The lowest BCUT2D eigenvalue weighted by Crippen LogP contribution is -1.83. The van der Waals surface area contributed by atoms with Gasteiger partial charge in [0, 0.05) is 0 Å². The second-order valence-corrected chi connectivity index (χ2v) is 6.76. The zero-order chi connectivity index (χ0) is 17.6. The third-order valence-corrected chi connectivity index (χ3v) is 4.41. The van der Waals surface area contributed by atoms with Gasteiger partial charge in [-0.1, -0.05) is 115 Å². The number of unbranched alkanes of at least 4 members (excludes halogenated alkanes) is 14. The molecule has 0 amide bonds. The summed E-state index contributed by atoms with van der Waals surface area (Å²) < 4.78 is 4.82. The summed E-state index contributed by atoms with van der Waals surface area (Å²) >= 11 is 0. The molecule has 0 aliphatic rings. The lowest BCUT2D eigenvalue weighted by molar-refractivity contribution is 0.338. The number of rotatable bonds is 18. The Morgan fingerprint density at radius 1 is 0.542 bits per heavy atom. The Balaban J connectivity index is 3.11. The number of methoxy groups -OCH3 is 1. The maximum atomic E-state index is 4.82. The summed E-state index contributed by atoms with van der Waals surface area (Å²) in [5, 5.41) is 0. The van der Waals surface area contributed by atoms with E-state index in [1.54, 1.807) is 13.4 Å². The van der Waals surface area contributed by atoms with Crippen molar-refractivity contribution in [1.82, 2.24) is 0 Å². The van der Waals surface area contributed by atoms with E-state index in [0.29, 0.717) is 0 Å². The topological polar surface area (TPSA) is 9.23 Å². The third-order valence-electron chi connectivity index (χ3n) is 4.41. The summed E-state index contributed by atoms with van der Waals surface area (Å²) in [7, 11) is 1.66. The zero-order valence-corrected chi connectivity index (χ0v) is 16.5. The van der Waals surface area contributed by atoms with Gasteiger partial charge in [-0.2, -0.15) is 0 Å². The van der Waals surface area contributed by atoms with Crippen LogP contribution in [0, 0.1) is 0 Å². The average molecular weight is 335 g/mol. The van der Waals surface area contributed by atoms with E-state index in [0.717, 1.165) is 0 Å². The van der Waals surface area contributed by atoms with Gasteiger partial charge in [0.25, 0.3) is 0 Å². The first-order valence-electron chi connectivity index (χ1n) is 10.4. The molecule has 0 unspecified atom stereocenters. The Labute approximate surface area is 152 Å². The molecule has 0 spiro atoms. The number of hydrogen-bond acceptors (Lipinski definition) is 1. The van der Waals surface area contributed by atoms with Crippen LogP contribution in [0.4, 0.5) is 0 Å². The van der Waals surface area contributed by atoms with Gasteiger partial charge in [0.2, 0.25) is 0 Å². The van der Waals surface area contributed by atoms with Gasteiger partial charge in [-0.15, -0.1) is 0 Å². The van der Waals surface area contributed by atoms with Gasteiger partial charge < -0.3 is 4.74 Å². The van der Waals surface area contributed by atoms with Crippen molar-refractivity contribution in [2.24, 2.45) is 0 Å². The van der Waals surface area contributed by atoms with E-state index >= 15 is 0 Å². The maximum Gasteiger partial charge on any atom is 0.0824 e. The number of hydrogen-bond donors (Lipinski definition) is 0. The predicted molar refractivity (Wildman–Crippen MR) is 109 cm³/mol. The molecule has 0 aromatic heterocycles. The number of allylic oxidation sites excluding steroid dienone is 5. The van der Waals surface area contributed by atoms with Gasteiger partial charge in [0.15, 0.2) is 0 Å². The fourth-order valence-corrected chi connectivity index (χ4v) is 2.88. The van der Waals surface area contributed by atoms with Crippen LogP contribution >= 0.6 is 0 Å². The summed E-state index contributed by atoms with van der Waals surface area (Å²) in [5.41, 5.74) is 0. The molecule has 0 N–H and O–H groups in total. The lowest BCUT2D eigenvalue weighted by Gasteiger charge is -2.02. The minimum atomic E-state index is 1.20. The Morgan fingerprint density at radius 2 is 1.00 bits per heavy atom. The van der Waals surface area contributed by atoms with Crippen molar-refractivity contribution in [3.05, 3.63) is 36.6 Å². The highest BCUT2D eigenvalue weighted by atomic mass is 16.5. The highest BCUT2D eigenvalue weighted by molar-refractivity contribution is 5.09. The zero-order valence-electron chi connectivity index (χ0n) is 16.5. The molecule has 0 saturated heterocycles. The molecule has 0 aromatic carbocycles. The van der Waals surface area contributed by atoms with Gasteiger partial charge in [0.1, 0.15) is 0 Å². The molecule has 0 aromatic rings. The largest absolute Gasteiger partial charge is 0.504 e. The van der Waals surface area contributed by atoms with Crippen LogP contribution in [0.2, 0.25) is 0 Å². The first kappa shape index (κ1) is 23.0. The van der Waals surface area contributed by atoms with Gasteiger partial charge >= 0.3 is 0 Å². The summed E-state index contributed by atoms with van der Waals surface area (Å²) in [6.07, 6.45) is 33.2. The fraction of sp³-hybridized carbons (Fsp3) is 0.739. The van der Waals surface area contributed by atoms with Crippen molar-refractivity contribution in [1.29, 1.82) is 0 Å². The average Bonchev–Trinajstić information content (AvgIpc) is 2.60. The highest BCUT2D eigenvalue weighted by Gasteiger charge is 1.93. The van der Waals surface area contributed by atoms with Crippen molar-refractivity contribution in [3.63, 3.8) is 0 Å². The van der Waals surface area contributed by atoms with E-state index in [1.165, 1.54) is 96.3 Å². The van der Waals surface area contributed by atoms with Crippen LogP contribution in [0.15, 0.2) is 36.6 Å². The molecular formula is C23H42O. The molecule has 140 valence electrons. The van der Waals surface area contributed by atoms with Crippen LogP contribution in [-0.4, -0.2) is 7.11 Å². The Morgan fingerprint density at radius 3 is 1.50 bits per heavy atom. The smallest absolute Gasteiger partial charge is 0.0824 e. The Hall–Kier alpha value is -0.980. The van der Waals surface area contributed by atoms with Crippen molar-refractivity contribution < 1.29 is 4.74 Å². The summed E-state index contributed by atoms with van der Waals surface area (Å²) in [4.78, 5) is 0. The SMILES string of the molecule is CCCCCCCCCCCCCCCC/C=C/C=C/C=C/OC. The molecule has 0 atom stereocenters. The van der Waals surface area contributed by atoms with E-state index in [4.69, 9.17) is 4.74 Å². The summed E-state index contributed by atoms with van der Waals surface area (Å²) in [6.45, 7) is 2.29. The number of ether oxygens (including phenoxy) is 1. The summed E-state index contributed by atoms with van der Waals surface area (Å²) in [6, 6.07) is 0. The Kier molecular flexibility index (Phi) is 21.1. The van der Waals surface area contributed by atoms with Gasteiger partial charge in [-0.25, -0.2) is 0 Å². The van der Waals surface area contributed by atoms with E-state index in [2.05, 4.69) is 25.2 Å². The van der Waals surface area contributed by atoms with Gasteiger partial charge in [0.05, 0.1) is 13.4 Å². The maximum absolute atomic E-state index is 4.82. The first-order valence-corrected chi connectivity index (χ1v) is 10.4. The predicted octanol–water partition coefficient (Wildman–Crippen LogP) is 8.13. The minimum Gasteiger partial charge on any atom is -0.504 e. The van der Waals surface area contributed by atoms with Crippen LogP contribution in [0.25, 0.3) is 0 Å². The van der Waals surface area contributed by atoms with Crippen molar-refractivity contribution in [3.8, 4) is 0 Å². The van der Waals surface area contributed by atoms with Gasteiger partial charge in [-0.05, 0) is 18.9 Å². The quantitative estimate of drug-likeness (QED) is 0.140. The molecule has 0 fully saturated rings. The molecule has 0 heterocycles. The standard InChI is InChI=1S/C23H42O/c1-3-4-5-6-7-8-9-10-11-12-13-14-15-16-17-18-19-20-21-22-23-24-2/h18-23H,3-17H2,1-2H3/b19-18+,21-20+,23-22+. The molecule has 24 heavy (non-hydrogen) atoms. The molecule has 1 nitrogen and oxygen atoms in total. The molecular weight excluding hydrogens is 292 g/mol. The van der Waals surface area contributed by atoms with Crippen LogP contribution in [0.1, 0.15) is 103 Å². The Bertz CT molecular complexity index is 301. The van der Waals surface area contributed by atoms with Crippen LogP contribution < -0.4 is 0 Å². The van der Waals surface area contributed by atoms with Crippen LogP contribution in [0.3, 0.4) is 0 Å². The molecule has 0 aliphatic heterocycles. The second-order valence-electron chi connectivity index (χ2n) is 6.76. The van der Waals surface area contributed by atoms with E-state index in [-0.39, 0.29) is 0 Å². The minimum absolute atomic E-state index is 1.20. The van der Waals surface area contributed by atoms with Crippen molar-refractivity contribution >= 4 is 0 Å². The molecule has 0 radical (unpaired) electrons. The second kappa shape index (κ2) is 22.0. The normalized spacial score (nSPS) is 12.1. The van der Waals surface area contributed by atoms with E-state index in [1.807, 2.05) is 12.2 Å². The molecule has 0 saturated carbocycles. The fourth-order valence-electron chi connectivity index (χ4n) is 2.88. The monoisotopic (exact) mass is 334 g/mol. The first-order chi connectivity index (χ1) is 11.9. The third kappa shape index (κ3) is 21.0. The van der Waals surface area contributed by atoms with E-state index in [9.17, 15) is 0 Å². The molecule has 0 bridgehead atoms. The van der Waals surface area contributed by atoms with Gasteiger partial charge in [-0.3, -0.25) is 0 Å². The highest BCUT2D eigenvalue weighted by Crippen LogP contribution is 2.13. The van der Waals surface area contributed by atoms with E-state index < -0.39 is 0 Å². The van der Waals surface area contributed by atoms with Crippen LogP contribution in [-0.2, 0) is 4.74 Å². The molecule has 0 aliphatic carbocycles. The summed E-state index contributed by atoms with van der Waals surface area (Å²) in [5.74, 6) is 0.